The predicted molar refractivity (Wildman–Crippen MR) is 218 cm³/mol. The van der Waals surface area contributed by atoms with Gasteiger partial charge in [-0.2, -0.15) is 0 Å². The van der Waals surface area contributed by atoms with E-state index in [1.54, 1.807) is 21.1 Å². The summed E-state index contributed by atoms with van der Waals surface area (Å²) in [6.45, 7) is 8.42. The van der Waals surface area contributed by atoms with Crippen LogP contribution in [0.5, 0.6) is 0 Å². The monoisotopic (exact) mass is 798 g/mol. The minimum absolute atomic E-state index is 0.199. The lowest BCUT2D eigenvalue weighted by molar-refractivity contribution is -0.136. The average Bonchev–Trinajstić information content (AvgIpc) is 3.98. The number of H-pyrrole nitrogens is 2. The van der Waals surface area contributed by atoms with Crippen molar-refractivity contribution in [1.82, 2.24) is 39.8 Å². The minimum atomic E-state index is -3.58. The van der Waals surface area contributed by atoms with Gasteiger partial charge in [-0.05, 0) is 78.1 Å². The summed E-state index contributed by atoms with van der Waals surface area (Å²) in [6, 6.07) is 14.5. The number of carboxylic acid groups (broad SMARTS) is 1. The molecule has 3 amide bonds. The van der Waals surface area contributed by atoms with Gasteiger partial charge in [0.05, 0.1) is 39.6 Å². The van der Waals surface area contributed by atoms with Crippen LogP contribution in [0.2, 0.25) is 0 Å². The molecule has 5 heterocycles. The van der Waals surface area contributed by atoms with Crippen LogP contribution < -0.4 is 10.0 Å². The lowest BCUT2D eigenvalue weighted by Gasteiger charge is -2.29. The SMILES string of the molecule is CC(C)[C@H](NC(=O)O)C(=O)N1CCC[C@H]1c1nc2c(ccc3cc(-c4cc5ccc6[nH]c([C@@H]7CCCN7C(=O)[C@@H](NS(C)(=O)=O)C(C)C)nc6c5s4)ccc32)[nH]1. The largest absolute Gasteiger partial charge is 0.465 e. The molecule has 0 unspecified atom stereocenters. The first kappa shape index (κ1) is 37.8. The first-order valence-corrected chi connectivity index (χ1v) is 21.8. The van der Waals surface area contributed by atoms with Crippen molar-refractivity contribution in [2.24, 2.45) is 11.8 Å². The summed E-state index contributed by atoms with van der Waals surface area (Å²) in [6.07, 6.45) is 2.93. The molecule has 2 aliphatic rings. The molecule has 5 N–H and O–H groups in total. The molecule has 0 aliphatic carbocycles. The molecule has 56 heavy (non-hydrogen) atoms. The Kier molecular flexibility index (Phi) is 9.77. The lowest BCUT2D eigenvalue weighted by atomic mass is 10.0. The standard InChI is InChI=1S/C40H46N8O6S2/c1-20(2)31(45-40(51)52)38(49)47-16-6-8-28(47)36-41-26-14-11-22-18-23(10-13-25(22)33(26)43-36)30-19-24-12-15-27-34(35(24)55-30)44-37(42-27)29-9-7-17-48(29)39(50)32(21(3)4)46-56(5,53)54/h10-15,18-21,28-29,31-32,45-46H,6-9,16-17H2,1-5H3,(H,41,43)(H,42,44)(H,51,52)/t28-,29-,31-,32-/m0/s1. The number of aromatic nitrogens is 4. The summed E-state index contributed by atoms with van der Waals surface area (Å²) in [5, 5.41) is 14.8. The van der Waals surface area contributed by atoms with Gasteiger partial charge in [0, 0.05) is 23.4 Å². The van der Waals surface area contributed by atoms with Gasteiger partial charge in [0.1, 0.15) is 29.2 Å². The molecule has 294 valence electrons. The fourth-order valence-corrected chi connectivity index (χ4v) is 10.3. The topological polar surface area (TPSA) is 193 Å². The molecule has 2 saturated heterocycles. The van der Waals surface area contributed by atoms with Gasteiger partial charge in [-0.1, -0.05) is 52.0 Å². The van der Waals surface area contributed by atoms with Gasteiger partial charge in [0.15, 0.2) is 0 Å². The molecule has 14 nitrogen and oxygen atoms in total. The summed E-state index contributed by atoms with van der Waals surface area (Å²) in [5.74, 6) is 0.506. The normalized spacial score (nSPS) is 19.0. The fraction of sp³-hybridized carbons (Fsp3) is 0.425. The highest BCUT2D eigenvalue weighted by Gasteiger charge is 2.39. The number of aromatic amines is 2. The van der Waals surface area contributed by atoms with Crippen LogP contribution in [0.3, 0.4) is 0 Å². The molecule has 2 aliphatic heterocycles. The maximum absolute atomic E-state index is 13.7. The Hall–Kier alpha value is -5.06. The van der Waals surface area contributed by atoms with Crippen LogP contribution in [0.15, 0.2) is 48.5 Å². The van der Waals surface area contributed by atoms with Crippen LogP contribution in [-0.4, -0.2) is 92.6 Å². The van der Waals surface area contributed by atoms with E-state index in [1.807, 2.05) is 39.8 Å². The van der Waals surface area contributed by atoms with Crippen molar-refractivity contribution in [2.75, 3.05) is 19.3 Å². The zero-order chi connectivity index (χ0) is 39.6. The second-order valence-corrected chi connectivity index (χ2v) is 18.6. The van der Waals surface area contributed by atoms with E-state index >= 15 is 0 Å². The third kappa shape index (κ3) is 6.98. The number of benzene rings is 3. The van der Waals surface area contributed by atoms with E-state index in [2.05, 4.69) is 56.4 Å². The van der Waals surface area contributed by atoms with E-state index < -0.39 is 28.2 Å². The second kappa shape index (κ2) is 14.5. The number of hydrogen-bond acceptors (Lipinski definition) is 8. The molecule has 8 rings (SSSR count). The summed E-state index contributed by atoms with van der Waals surface area (Å²) in [7, 11) is -3.58. The number of thiophene rings is 1. The van der Waals surface area contributed by atoms with Gasteiger partial charge in [0.25, 0.3) is 0 Å². The van der Waals surface area contributed by atoms with Crippen LogP contribution in [0, 0.1) is 11.8 Å². The minimum Gasteiger partial charge on any atom is -0.465 e. The van der Waals surface area contributed by atoms with Gasteiger partial charge in [-0.15, -0.1) is 11.3 Å². The number of likely N-dealkylation sites (tertiary alicyclic amines) is 2. The van der Waals surface area contributed by atoms with Crippen molar-refractivity contribution < 1.29 is 27.9 Å². The molecule has 4 atom stereocenters. The fourth-order valence-electron chi connectivity index (χ4n) is 8.35. The Morgan fingerprint density at radius 1 is 0.804 bits per heavy atom. The van der Waals surface area contributed by atoms with Crippen molar-refractivity contribution in [1.29, 1.82) is 0 Å². The van der Waals surface area contributed by atoms with Crippen molar-refractivity contribution in [3.05, 3.63) is 60.2 Å². The Labute approximate surface area is 328 Å². The predicted octanol–water partition coefficient (Wildman–Crippen LogP) is 6.67. The van der Waals surface area contributed by atoms with Crippen molar-refractivity contribution in [2.45, 2.75) is 77.5 Å². The highest BCUT2D eigenvalue weighted by molar-refractivity contribution is 7.88. The molecule has 16 heteroatoms. The first-order valence-electron chi connectivity index (χ1n) is 19.1. The number of hydrogen-bond donors (Lipinski definition) is 5. The quantitative estimate of drug-likeness (QED) is 0.101. The van der Waals surface area contributed by atoms with Crippen LogP contribution >= 0.6 is 11.3 Å². The highest BCUT2D eigenvalue weighted by Crippen LogP contribution is 2.41. The molecule has 3 aromatic heterocycles. The number of carbonyl (C=O) groups excluding carboxylic acids is 2. The van der Waals surface area contributed by atoms with Crippen molar-refractivity contribution in [3.63, 3.8) is 0 Å². The third-order valence-corrected chi connectivity index (χ3v) is 13.0. The maximum atomic E-state index is 13.7. The van der Waals surface area contributed by atoms with E-state index in [4.69, 9.17) is 9.97 Å². The highest BCUT2D eigenvalue weighted by atomic mass is 32.2. The number of sulfonamides is 1. The molecule has 0 radical (unpaired) electrons. The van der Waals surface area contributed by atoms with Gasteiger partial charge in [-0.3, -0.25) is 9.59 Å². The Morgan fingerprint density at radius 3 is 1.96 bits per heavy atom. The summed E-state index contributed by atoms with van der Waals surface area (Å²) >= 11 is 1.66. The number of rotatable bonds is 10. The van der Waals surface area contributed by atoms with E-state index in [-0.39, 0.29) is 35.7 Å². The zero-order valence-corrected chi connectivity index (χ0v) is 33.6. The van der Waals surface area contributed by atoms with E-state index in [0.717, 1.165) is 85.3 Å². The Bertz CT molecular complexity index is 2630. The van der Waals surface area contributed by atoms with E-state index in [9.17, 15) is 27.9 Å². The number of nitrogens with one attached hydrogen (secondary N) is 4. The third-order valence-electron chi connectivity index (χ3n) is 11.1. The number of nitrogens with zero attached hydrogens (tertiary/aromatic N) is 4. The van der Waals surface area contributed by atoms with Gasteiger partial charge in [0.2, 0.25) is 21.8 Å². The molecule has 2 fully saturated rings. The maximum Gasteiger partial charge on any atom is 0.405 e. The smallest absolute Gasteiger partial charge is 0.405 e. The Morgan fingerprint density at radius 2 is 1.38 bits per heavy atom. The average molecular weight is 799 g/mol. The summed E-state index contributed by atoms with van der Waals surface area (Å²) in [5.41, 5.74) is 4.47. The lowest BCUT2D eigenvalue weighted by Crippen LogP contribution is -2.50. The number of carbonyl (C=O) groups is 3. The molecular weight excluding hydrogens is 753 g/mol. The molecular formula is C40H46N8O6S2. The van der Waals surface area contributed by atoms with Gasteiger partial charge in [-0.25, -0.2) is 27.9 Å². The first-order chi connectivity index (χ1) is 26.7. The molecule has 6 aromatic rings. The number of amides is 3. The van der Waals surface area contributed by atoms with Crippen molar-refractivity contribution >= 4 is 82.2 Å². The van der Waals surface area contributed by atoms with Gasteiger partial charge < -0.3 is 30.2 Å². The Balaban J connectivity index is 1.07. The van der Waals surface area contributed by atoms with E-state index in [0.29, 0.717) is 24.7 Å². The van der Waals surface area contributed by atoms with Crippen LogP contribution in [0.4, 0.5) is 4.79 Å². The molecule has 0 spiro atoms. The molecule has 3 aromatic carbocycles. The van der Waals surface area contributed by atoms with Crippen LogP contribution in [0.1, 0.15) is 77.1 Å². The second-order valence-electron chi connectivity index (χ2n) is 15.8. The zero-order valence-electron chi connectivity index (χ0n) is 31.9. The molecule has 0 bridgehead atoms. The van der Waals surface area contributed by atoms with Crippen molar-refractivity contribution in [3.8, 4) is 10.4 Å². The van der Waals surface area contributed by atoms with E-state index in [1.165, 1.54) is 0 Å². The van der Waals surface area contributed by atoms with Gasteiger partial charge >= 0.3 is 6.09 Å². The summed E-state index contributed by atoms with van der Waals surface area (Å²) < 4.78 is 27.7. The van der Waals surface area contributed by atoms with Crippen LogP contribution in [0.25, 0.3) is 53.4 Å². The van der Waals surface area contributed by atoms with Crippen LogP contribution in [-0.2, 0) is 19.6 Å². The number of fused-ring (bicyclic) bond motifs is 6. The number of imidazole rings is 2. The summed E-state index contributed by atoms with van der Waals surface area (Å²) in [4.78, 5) is 60.3. The molecule has 0 saturated carbocycles.